The molecule has 0 radical (unpaired) electrons. The smallest absolute Gasteiger partial charge is 0.251 e. The lowest BCUT2D eigenvalue weighted by Crippen LogP contribution is -2.40. The van der Waals surface area contributed by atoms with Gasteiger partial charge in [0.05, 0.1) is 12.6 Å². The van der Waals surface area contributed by atoms with Crippen LogP contribution >= 0.6 is 0 Å². The van der Waals surface area contributed by atoms with E-state index in [2.05, 4.69) is 22.9 Å². The Balaban J connectivity index is 1.86. The van der Waals surface area contributed by atoms with E-state index >= 15 is 0 Å². The van der Waals surface area contributed by atoms with Gasteiger partial charge in [-0.2, -0.15) is 0 Å². The topological polar surface area (TPSA) is 79.5 Å². The van der Waals surface area contributed by atoms with Crippen LogP contribution < -0.4 is 20.7 Å². The molecule has 6 heteroatoms. The maximum Gasteiger partial charge on any atom is 0.251 e. The van der Waals surface area contributed by atoms with Gasteiger partial charge in [0.1, 0.15) is 5.75 Å². The standard InChI is InChI=1S/C23H31N3O3/c1-6-16(2)29-20-9-7-8-19(14-20)24-15-21(27)25-18-12-10-17(11-13-18)22(28)26-23(3,4)5/h7-14,16,24H,6,15H2,1-5H3,(H,25,27)(H,26,28). The molecule has 1 unspecified atom stereocenters. The van der Waals surface area contributed by atoms with Crippen molar-refractivity contribution < 1.29 is 14.3 Å². The SMILES string of the molecule is CCC(C)Oc1cccc(NCC(=O)Nc2ccc(C(=O)NC(C)(C)C)cc2)c1. The van der Waals surface area contributed by atoms with Gasteiger partial charge in [-0.1, -0.05) is 13.0 Å². The molecule has 156 valence electrons. The van der Waals surface area contributed by atoms with Crippen LogP contribution in [0.1, 0.15) is 51.4 Å². The molecule has 2 rings (SSSR count). The van der Waals surface area contributed by atoms with Gasteiger partial charge in [-0.15, -0.1) is 0 Å². The second-order valence-electron chi connectivity index (χ2n) is 8.05. The van der Waals surface area contributed by atoms with E-state index in [1.807, 2.05) is 52.0 Å². The van der Waals surface area contributed by atoms with E-state index in [-0.39, 0.29) is 30.0 Å². The Labute approximate surface area is 173 Å². The van der Waals surface area contributed by atoms with Crippen LogP contribution in [-0.4, -0.2) is 30.0 Å². The zero-order valence-corrected chi connectivity index (χ0v) is 17.8. The van der Waals surface area contributed by atoms with Crippen molar-refractivity contribution >= 4 is 23.2 Å². The van der Waals surface area contributed by atoms with Crippen LogP contribution in [-0.2, 0) is 4.79 Å². The summed E-state index contributed by atoms with van der Waals surface area (Å²) >= 11 is 0. The summed E-state index contributed by atoms with van der Waals surface area (Å²) in [6.45, 7) is 10.0. The van der Waals surface area contributed by atoms with Crippen LogP contribution in [0.4, 0.5) is 11.4 Å². The minimum absolute atomic E-state index is 0.124. The number of carbonyl (C=O) groups is 2. The molecule has 0 aliphatic carbocycles. The molecule has 2 aromatic carbocycles. The highest BCUT2D eigenvalue weighted by Gasteiger charge is 2.15. The highest BCUT2D eigenvalue weighted by atomic mass is 16.5. The van der Waals surface area contributed by atoms with Crippen LogP contribution in [0.15, 0.2) is 48.5 Å². The van der Waals surface area contributed by atoms with E-state index in [1.54, 1.807) is 24.3 Å². The lowest BCUT2D eigenvalue weighted by Gasteiger charge is -2.20. The van der Waals surface area contributed by atoms with Crippen LogP contribution in [0.3, 0.4) is 0 Å². The van der Waals surface area contributed by atoms with E-state index < -0.39 is 0 Å². The molecule has 29 heavy (non-hydrogen) atoms. The molecule has 0 spiro atoms. The summed E-state index contributed by atoms with van der Waals surface area (Å²) in [5, 5.41) is 8.82. The summed E-state index contributed by atoms with van der Waals surface area (Å²) in [5.74, 6) is 0.454. The lowest BCUT2D eigenvalue weighted by atomic mass is 10.1. The quantitative estimate of drug-likeness (QED) is 0.615. The maximum atomic E-state index is 12.2. The Bertz CT molecular complexity index is 826. The summed E-state index contributed by atoms with van der Waals surface area (Å²) in [7, 11) is 0. The summed E-state index contributed by atoms with van der Waals surface area (Å²) < 4.78 is 5.79. The minimum Gasteiger partial charge on any atom is -0.491 e. The largest absolute Gasteiger partial charge is 0.491 e. The predicted molar refractivity (Wildman–Crippen MR) is 118 cm³/mol. The summed E-state index contributed by atoms with van der Waals surface area (Å²) in [5.41, 5.74) is 1.70. The summed E-state index contributed by atoms with van der Waals surface area (Å²) in [6.07, 6.45) is 1.07. The number of rotatable bonds is 8. The Morgan fingerprint density at radius 2 is 1.72 bits per heavy atom. The Morgan fingerprint density at radius 3 is 2.34 bits per heavy atom. The van der Waals surface area contributed by atoms with E-state index in [0.29, 0.717) is 11.3 Å². The Kier molecular flexibility index (Phi) is 7.65. The number of amides is 2. The van der Waals surface area contributed by atoms with Crippen molar-refractivity contribution in [3.05, 3.63) is 54.1 Å². The van der Waals surface area contributed by atoms with Crippen molar-refractivity contribution in [1.29, 1.82) is 0 Å². The number of benzene rings is 2. The molecule has 0 aliphatic rings. The van der Waals surface area contributed by atoms with Crippen molar-refractivity contribution in [3.63, 3.8) is 0 Å². The molecular weight excluding hydrogens is 366 g/mol. The number of nitrogens with one attached hydrogen (secondary N) is 3. The zero-order chi connectivity index (χ0) is 21.4. The number of hydrogen-bond acceptors (Lipinski definition) is 4. The Hall–Kier alpha value is -3.02. The molecule has 2 aromatic rings. The average molecular weight is 398 g/mol. The van der Waals surface area contributed by atoms with E-state index in [1.165, 1.54) is 0 Å². The highest BCUT2D eigenvalue weighted by Crippen LogP contribution is 2.19. The van der Waals surface area contributed by atoms with Crippen molar-refractivity contribution in [2.24, 2.45) is 0 Å². The third kappa shape index (κ3) is 7.86. The summed E-state index contributed by atoms with van der Waals surface area (Å²) in [6, 6.07) is 14.4. The van der Waals surface area contributed by atoms with E-state index in [4.69, 9.17) is 4.74 Å². The number of carbonyl (C=O) groups excluding carboxylic acids is 2. The molecule has 0 heterocycles. The van der Waals surface area contributed by atoms with Gasteiger partial charge in [-0.3, -0.25) is 9.59 Å². The van der Waals surface area contributed by atoms with E-state index in [9.17, 15) is 9.59 Å². The predicted octanol–water partition coefficient (Wildman–Crippen LogP) is 4.44. The Morgan fingerprint density at radius 1 is 1.03 bits per heavy atom. The summed E-state index contributed by atoms with van der Waals surface area (Å²) in [4.78, 5) is 24.4. The molecule has 0 saturated heterocycles. The van der Waals surface area contributed by atoms with Gasteiger partial charge in [0.15, 0.2) is 0 Å². The second kappa shape index (κ2) is 9.96. The molecule has 0 fully saturated rings. The zero-order valence-electron chi connectivity index (χ0n) is 17.8. The van der Waals surface area contributed by atoms with Crippen molar-refractivity contribution in [3.8, 4) is 5.75 Å². The fourth-order valence-electron chi connectivity index (χ4n) is 2.50. The maximum absolute atomic E-state index is 12.2. The number of ether oxygens (including phenoxy) is 1. The van der Waals surface area contributed by atoms with Gasteiger partial charge in [0.25, 0.3) is 5.91 Å². The van der Waals surface area contributed by atoms with Crippen molar-refractivity contribution in [1.82, 2.24) is 5.32 Å². The molecule has 3 N–H and O–H groups in total. The number of anilines is 2. The molecule has 0 aromatic heterocycles. The third-order valence-corrected chi connectivity index (χ3v) is 4.12. The first-order chi connectivity index (χ1) is 13.7. The average Bonchev–Trinajstić information content (AvgIpc) is 2.66. The van der Waals surface area contributed by atoms with Gasteiger partial charge in [-0.25, -0.2) is 0 Å². The van der Waals surface area contributed by atoms with Crippen molar-refractivity contribution in [2.75, 3.05) is 17.2 Å². The first-order valence-electron chi connectivity index (χ1n) is 9.89. The molecule has 6 nitrogen and oxygen atoms in total. The first kappa shape index (κ1) is 22.3. The third-order valence-electron chi connectivity index (χ3n) is 4.12. The lowest BCUT2D eigenvalue weighted by molar-refractivity contribution is -0.114. The van der Waals surface area contributed by atoms with E-state index in [0.717, 1.165) is 17.9 Å². The van der Waals surface area contributed by atoms with Crippen LogP contribution in [0.2, 0.25) is 0 Å². The molecule has 2 amide bonds. The minimum atomic E-state index is -0.299. The van der Waals surface area contributed by atoms with Crippen LogP contribution in [0, 0.1) is 0 Å². The van der Waals surface area contributed by atoms with Gasteiger partial charge in [0.2, 0.25) is 5.91 Å². The molecule has 1 atom stereocenters. The molecular formula is C23H31N3O3. The fraction of sp³-hybridized carbons (Fsp3) is 0.391. The normalized spacial score (nSPS) is 12.0. The molecule has 0 bridgehead atoms. The van der Waals surface area contributed by atoms with Gasteiger partial charge >= 0.3 is 0 Å². The van der Waals surface area contributed by atoms with Crippen LogP contribution in [0.25, 0.3) is 0 Å². The monoisotopic (exact) mass is 397 g/mol. The van der Waals surface area contributed by atoms with Crippen molar-refractivity contribution in [2.45, 2.75) is 52.7 Å². The number of hydrogen-bond donors (Lipinski definition) is 3. The van der Waals surface area contributed by atoms with Gasteiger partial charge < -0.3 is 20.7 Å². The highest BCUT2D eigenvalue weighted by molar-refractivity contribution is 5.97. The fourth-order valence-corrected chi connectivity index (χ4v) is 2.50. The molecule has 0 saturated carbocycles. The molecule has 0 aliphatic heterocycles. The van der Waals surface area contributed by atoms with Gasteiger partial charge in [0, 0.05) is 28.5 Å². The first-order valence-corrected chi connectivity index (χ1v) is 9.89. The van der Waals surface area contributed by atoms with Crippen LogP contribution in [0.5, 0.6) is 5.75 Å². The van der Waals surface area contributed by atoms with Gasteiger partial charge in [-0.05, 0) is 70.5 Å². The second-order valence-corrected chi connectivity index (χ2v) is 8.05.